The van der Waals surface area contributed by atoms with E-state index in [2.05, 4.69) is 15.5 Å². The molecule has 1 aliphatic carbocycles. The molecule has 2 heterocycles. The van der Waals surface area contributed by atoms with E-state index in [0.29, 0.717) is 0 Å². The lowest BCUT2D eigenvalue weighted by atomic mass is 10.2. The Morgan fingerprint density at radius 1 is 1.29 bits per heavy atom. The Labute approximate surface area is 106 Å². The molecule has 2 aliphatic rings. The fraction of sp³-hybridized carbons (Fsp3) is 0.833. The number of hydrogen-bond acceptors (Lipinski definition) is 5. The van der Waals surface area contributed by atoms with Crippen LogP contribution in [0.5, 0.6) is 0 Å². The molecule has 3 rings (SSSR count). The first-order valence-electron chi connectivity index (χ1n) is 6.59. The molecular formula is C12H19N3OS. The summed E-state index contributed by atoms with van der Waals surface area (Å²) in [6, 6.07) is 0.812. The van der Waals surface area contributed by atoms with Crippen LogP contribution in [0.25, 0.3) is 0 Å². The Balaban J connectivity index is 1.42. The maximum Gasteiger partial charge on any atom is 0.146 e. The van der Waals surface area contributed by atoms with Crippen molar-refractivity contribution in [1.29, 1.82) is 0 Å². The summed E-state index contributed by atoms with van der Waals surface area (Å²) in [5.41, 5.74) is 0. The zero-order valence-electron chi connectivity index (χ0n) is 10.0. The number of hydrogen-bond donors (Lipinski definition) is 1. The highest BCUT2D eigenvalue weighted by atomic mass is 32.1. The third-order valence-corrected chi connectivity index (χ3v) is 4.34. The molecule has 1 N–H and O–H groups in total. The second-order valence-electron chi connectivity index (χ2n) is 4.87. The number of aryl methyl sites for hydroxylation is 1. The van der Waals surface area contributed by atoms with Gasteiger partial charge in [0.1, 0.15) is 16.1 Å². The van der Waals surface area contributed by atoms with E-state index in [4.69, 9.17) is 4.74 Å². The summed E-state index contributed by atoms with van der Waals surface area (Å²) in [7, 11) is 0. The Morgan fingerprint density at radius 2 is 2.24 bits per heavy atom. The van der Waals surface area contributed by atoms with Crippen molar-refractivity contribution in [3.63, 3.8) is 0 Å². The molecule has 4 nitrogen and oxygen atoms in total. The number of aromatic nitrogens is 2. The zero-order valence-corrected chi connectivity index (χ0v) is 10.8. The van der Waals surface area contributed by atoms with Gasteiger partial charge in [-0.05, 0) is 38.6 Å². The Morgan fingerprint density at radius 3 is 3.00 bits per heavy atom. The fourth-order valence-electron chi connectivity index (χ4n) is 2.10. The summed E-state index contributed by atoms with van der Waals surface area (Å²) < 4.78 is 5.61. The van der Waals surface area contributed by atoms with Gasteiger partial charge in [0.05, 0.1) is 0 Å². The molecule has 1 saturated heterocycles. The molecule has 2 fully saturated rings. The number of nitrogens with zero attached hydrogens (tertiary/aromatic N) is 2. The first-order chi connectivity index (χ1) is 8.42. The van der Waals surface area contributed by atoms with Crippen molar-refractivity contribution in [3.05, 3.63) is 10.0 Å². The minimum Gasteiger partial charge on any atom is -0.371 e. The van der Waals surface area contributed by atoms with Crippen molar-refractivity contribution in [1.82, 2.24) is 15.5 Å². The van der Waals surface area contributed by atoms with Crippen molar-refractivity contribution >= 4 is 11.3 Å². The molecule has 1 aliphatic heterocycles. The molecule has 0 radical (unpaired) electrons. The Hall–Kier alpha value is -0.520. The highest BCUT2D eigenvalue weighted by Crippen LogP contribution is 2.30. The van der Waals surface area contributed by atoms with Crippen LogP contribution < -0.4 is 5.32 Å². The van der Waals surface area contributed by atoms with Crippen molar-refractivity contribution in [2.75, 3.05) is 13.2 Å². The number of ether oxygens (including phenoxy) is 1. The van der Waals surface area contributed by atoms with Gasteiger partial charge < -0.3 is 10.1 Å². The molecule has 1 aromatic heterocycles. The summed E-state index contributed by atoms with van der Waals surface area (Å²) in [6.45, 7) is 1.99. The van der Waals surface area contributed by atoms with Crippen LogP contribution in [0, 0.1) is 0 Å². The lowest BCUT2D eigenvalue weighted by Gasteiger charge is -2.02. The predicted molar refractivity (Wildman–Crippen MR) is 67.2 cm³/mol. The lowest BCUT2D eigenvalue weighted by molar-refractivity contribution is 0.111. The molecule has 0 bridgehead atoms. The van der Waals surface area contributed by atoms with Gasteiger partial charge in [-0.1, -0.05) is 11.3 Å². The number of nitrogens with one attached hydrogen (secondary N) is 1. The molecule has 0 aromatic carbocycles. The van der Waals surface area contributed by atoms with Crippen molar-refractivity contribution in [3.8, 4) is 0 Å². The van der Waals surface area contributed by atoms with Gasteiger partial charge in [-0.2, -0.15) is 0 Å². The van der Waals surface area contributed by atoms with E-state index in [9.17, 15) is 0 Å². The fourth-order valence-corrected chi connectivity index (χ4v) is 3.07. The van der Waals surface area contributed by atoms with Crippen molar-refractivity contribution < 1.29 is 4.74 Å². The molecule has 1 unspecified atom stereocenters. The molecule has 1 atom stereocenters. The second-order valence-corrected chi connectivity index (χ2v) is 5.96. The quantitative estimate of drug-likeness (QED) is 0.788. The van der Waals surface area contributed by atoms with Crippen LogP contribution in [-0.4, -0.2) is 29.4 Å². The zero-order chi connectivity index (χ0) is 11.5. The largest absolute Gasteiger partial charge is 0.371 e. The SMILES string of the molecule is C(CNC1CC1)Cc1nnc(C2CCCO2)s1. The Bertz CT molecular complexity index is 358. The van der Waals surface area contributed by atoms with Crippen LogP contribution in [-0.2, 0) is 11.2 Å². The summed E-state index contributed by atoms with van der Waals surface area (Å²) in [5, 5.41) is 14.3. The first kappa shape index (κ1) is 11.6. The van der Waals surface area contributed by atoms with Gasteiger partial charge in [-0.3, -0.25) is 0 Å². The third kappa shape index (κ3) is 3.24. The van der Waals surface area contributed by atoms with E-state index in [1.165, 1.54) is 12.8 Å². The van der Waals surface area contributed by atoms with Crippen LogP contribution >= 0.6 is 11.3 Å². The standard InChI is InChI=1S/C12H19N3OS/c1(7-13-9-5-6-9)4-11-14-15-12(17-11)10-3-2-8-16-10/h9-10,13H,1-8H2. The molecule has 0 amide bonds. The highest BCUT2D eigenvalue weighted by molar-refractivity contribution is 7.11. The molecule has 17 heavy (non-hydrogen) atoms. The second kappa shape index (κ2) is 5.42. The van der Waals surface area contributed by atoms with Crippen molar-refractivity contribution in [2.24, 2.45) is 0 Å². The van der Waals surface area contributed by atoms with Crippen LogP contribution in [0.15, 0.2) is 0 Å². The van der Waals surface area contributed by atoms with E-state index in [0.717, 1.165) is 54.9 Å². The van der Waals surface area contributed by atoms with Crippen molar-refractivity contribution in [2.45, 2.75) is 50.7 Å². The van der Waals surface area contributed by atoms with E-state index in [1.54, 1.807) is 11.3 Å². The lowest BCUT2D eigenvalue weighted by Crippen LogP contribution is -2.17. The van der Waals surface area contributed by atoms with Gasteiger partial charge in [0.2, 0.25) is 0 Å². The average Bonchev–Trinajstić information content (AvgIpc) is 2.84. The molecular weight excluding hydrogens is 234 g/mol. The van der Waals surface area contributed by atoms with E-state index in [1.807, 2.05) is 0 Å². The van der Waals surface area contributed by atoms with Crippen LogP contribution in [0.1, 0.15) is 48.2 Å². The molecule has 1 aromatic rings. The van der Waals surface area contributed by atoms with Gasteiger partial charge in [-0.25, -0.2) is 0 Å². The van der Waals surface area contributed by atoms with E-state index in [-0.39, 0.29) is 6.10 Å². The van der Waals surface area contributed by atoms with Gasteiger partial charge in [0.25, 0.3) is 0 Å². The molecule has 94 valence electrons. The van der Waals surface area contributed by atoms with Gasteiger partial charge in [0.15, 0.2) is 0 Å². The van der Waals surface area contributed by atoms with E-state index < -0.39 is 0 Å². The summed E-state index contributed by atoms with van der Waals surface area (Å²) in [5.74, 6) is 0. The monoisotopic (exact) mass is 253 g/mol. The summed E-state index contributed by atoms with van der Waals surface area (Å²) >= 11 is 1.73. The average molecular weight is 253 g/mol. The van der Waals surface area contributed by atoms with Gasteiger partial charge in [-0.15, -0.1) is 10.2 Å². The van der Waals surface area contributed by atoms with Crippen LogP contribution in [0.2, 0.25) is 0 Å². The first-order valence-corrected chi connectivity index (χ1v) is 7.41. The maximum atomic E-state index is 5.61. The minimum absolute atomic E-state index is 0.228. The van der Waals surface area contributed by atoms with Crippen LogP contribution in [0.4, 0.5) is 0 Å². The van der Waals surface area contributed by atoms with Gasteiger partial charge >= 0.3 is 0 Å². The normalized spacial score (nSPS) is 24.4. The summed E-state index contributed by atoms with van der Waals surface area (Å²) in [4.78, 5) is 0. The Kier molecular flexibility index (Phi) is 3.68. The molecule has 1 saturated carbocycles. The maximum absolute atomic E-state index is 5.61. The molecule has 0 spiro atoms. The summed E-state index contributed by atoms with van der Waals surface area (Å²) in [6.07, 6.45) is 7.43. The topological polar surface area (TPSA) is 47.0 Å². The number of rotatable bonds is 6. The smallest absolute Gasteiger partial charge is 0.146 e. The third-order valence-electron chi connectivity index (χ3n) is 3.27. The van der Waals surface area contributed by atoms with Gasteiger partial charge in [0, 0.05) is 19.1 Å². The minimum atomic E-state index is 0.228. The van der Waals surface area contributed by atoms with Crippen LogP contribution in [0.3, 0.4) is 0 Å². The van der Waals surface area contributed by atoms with E-state index >= 15 is 0 Å². The predicted octanol–water partition coefficient (Wildman–Crippen LogP) is 2.07. The highest BCUT2D eigenvalue weighted by Gasteiger charge is 2.22. The molecule has 5 heteroatoms.